The molecule has 0 unspecified atom stereocenters. The van der Waals surface area contributed by atoms with E-state index in [1.54, 1.807) is 48.1 Å². The van der Waals surface area contributed by atoms with Crippen molar-refractivity contribution in [1.82, 2.24) is 19.5 Å². The van der Waals surface area contributed by atoms with Crippen LogP contribution in [-0.2, 0) is 6.61 Å². The van der Waals surface area contributed by atoms with Crippen molar-refractivity contribution in [2.45, 2.75) is 13.5 Å². The maximum absolute atomic E-state index is 12.6. The fraction of sp³-hybridized carbons (Fsp3) is 0.0833. The summed E-state index contributed by atoms with van der Waals surface area (Å²) in [5.74, 6) is 1.20. The van der Waals surface area contributed by atoms with Crippen LogP contribution < -0.4 is 10.1 Å². The predicted octanol–water partition coefficient (Wildman–Crippen LogP) is 5.02. The van der Waals surface area contributed by atoms with Crippen molar-refractivity contribution in [1.29, 1.82) is 0 Å². The Bertz CT molecular complexity index is 1370. The van der Waals surface area contributed by atoms with Gasteiger partial charge in [-0.2, -0.15) is 0 Å². The van der Waals surface area contributed by atoms with Crippen molar-refractivity contribution in [3.8, 4) is 11.6 Å². The minimum absolute atomic E-state index is 0.214. The van der Waals surface area contributed by atoms with E-state index in [0.29, 0.717) is 23.6 Å². The molecule has 0 atom stereocenters. The first-order valence-electron chi connectivity index (χ1n) is 9.99. The van der Waals surface area contributed by atoms with Crippen LogP contribution in [0.15, 0.2) is 78.6 Å². The Balaban J connectivity index is 1.22. The average Bonchev–Trinajstić information content (AvgIpc) is 3.44. The molecular weight excluding hydrogens is 422 g/mol. The number of aryl methyl sites for hydroxylation is 1. The van der Waals surface area contributed by atoms with Crippen LogP contribution in [0.2, 0.25) is 0 Å². The number of hydrogen-bond acceptors (Lipinski definition) is 6. The molecule has 0 fully saturated rings. The molecule has 5 rings (SSSR count). The molecule has 0 aliphatic rings. The van der Waals surface area contributed by atoms with Gasteiger partial charge in [-0.3, -0.25) is 9.36 Å². The molecule has 8 heteroatoms. The molecule has 0 saturated carbocycles. The number of benzene rings is 2. The fourth-order valence-corrected chi connectivity index (χ4v) is 3.88. The monoisotopic (exact) mass is 441 g/mol. The molecule has 3 aromatic heterocycles. The number of hydrogen-bond donors (Lipinski definition) is 1. The van der Waals surface area contributed by atoms with Gasteiger partial charge in [-0.05, 0) is 55.5 Å². The molecule has 5 aromatic rings. The number of carbonyl (C=O) groups is 1. The number of anilines is 1. The number of nitrogens with zero attached hydrogens (tertiary/aromatic N) is 4. The summed E-state index contributed by atoms with van der Waals surface area (Å²) in [5, 5.41) is 5.86. The summed E-state index contributed by atoms with van der Waals surface area (Å²) in [4.78, 5) is 25.8. The minimum Gasteiger partial charge on any atom is -0.487 e. The van der Waals surface area contributed by atoms with Gasteiger partial charge in [-0.1, -0.05) is 12.1 Å². The molecule has 0 aliphatic carbocycles. The summed E-state index contributed by atoms with van der Waals surface area (Å²) >= 11 is 1.59. The van der Waals surface area contributed by atoms with E-state index in [4.69, 9.17) is 4.74 Å². The van der Waals surface area contributed by atoms with E-state index >= 15 is 0 Å². The molecule has 32 heavy (non-hydrogen) atoms. The number of para-hydroxylation sites is 2. The molecule has 1 N–H and O–H groups in total. The molecule has 0 saturated heterocycles. The Morgan fingerprint density at radius 1 is 1.06 bits per heavy atom. The van der Waals surface area contributed by atoms with E-state index in [0.717, 1.165) is 27.6 Å². The largest absolute Gasteiger partial charge is 0.487 e. The van der Waals surface area contributed by atoms with Crippen LogP contribution in [0.1, 0.15) is 21.1 Å². The van der Waals surface area contributed by atoms with Crippen LogP contribution in [0.4, 0.5) is 5.69 Å². The molecule has 3 heterocycles. The summed E-state index contributed by atoms with van der Waals surface area (Å²) < 4.78 is 7.64. The van der Waals surface area contributed by atoms with E-state index in [2.05, 4.69) is 20.3 Å². The van der Waals surface area contributed by atoms with Gasteiger partial charge in [0.05, 0.1) is 33.6 Å². The second-order valence-electron chi connectivity index (χ2n) is 7.13. The van der Waals surface area contributed by atoms with Crippen LogP contribution in [0.25, 0.3) is 16.9 Å². The van der Waals surface area contributed by atoms with Gasteiger partial charge in [-0.15, -0.1) is 11.3 Å². The van der Waals surface area contributed by atoms with Gasteiger partial charge in [0.15, 0.2) is 0 Å². The zero-order valence-electron chi connectivity index (χ0n) is 17.2. The topological polar surface area (TPSA) is 81.9 Å². The lowest BCUT2D eigenvalue weighted by atomic mass is 10.2. The van der Waals surface area contributed by atoms with Gasteiger partial charge in [0.2, 0.25) is 0 Å². The smallest absolute Gasteiger partial charge is 0.255 e. The SMILES string of the molecule is Cc1nc(COc2ccc(C(=O)Nc3ccc(-n4cnc5ccccc54)nc3)cc2)cs1. The lowest BCUT2D eigenvalue weighted by molar-refractivity contribution is 0.102. The van der Waals surface area contributed by atoms with Crippen molar-refractivity contribution in [2.75, 3.05) is 5.32 Å². The van der Waals surface area contributed by atoms with Crippen molar-refractivity contribution >= 4 is 34.0 Å². The number of pyridine rings is 1. The molecule has 0 bridgehead atoms. The quantitative estimate of drug-likeness (QED) is 0.400. The number of imidazole rings is 1. The van der Waals surface area contributed by atoms with E-state index in [1.807, 2.05) is 53.3 Å². The summed E-state index contributed by atoms with van der Waals surface area (Å²) in [6, 6.07) is 18.6. The number of aromatic nitrogens is 4. The highest BCUT2D eigenvalue weighted by atomic mass is 32.1. The van der Waals surface area contributed by atoms with Crippen molar-refractivity contribution in [3.05, 3.63) is 94.8 Å². The average molecular weight is 442 g/mol. The Labute approximate surface area is 188 Å². The summed E-state index contributed by atoms with van der Waals surface area (Å²) in [6.45, 7) is 2.37. The third kappa shape index (κ3) is 4.21. The maximum Gasteiger partial charge on any atom is 0.255 e. The lowest BCUT2D eigenvalue weighted by Crippen LogP contribution is -2.12. The lowest BCUT2D eigenvalue weighted by Gasteiger charge is -2.08. The molecule has 0 radical (unpaired) electrons. The first kappa shape index (κ1) is 19.9. The second kappa shape index (κ2) is 8.60. The van der Waals surface area contributed by atoms with Crippen molar-refractivity contribution in [2.24, 2.45) is 0 Å². The normalized spacial score (nSPS) is 10.9. The van der Waals surface area contributed by atoms with Crippen LogP contribution in [-0.4, -0.2) is 25.4 Å². The minimum atomic E-state index is -0.214. The predicted molar refractivity (Wildman–Crippen MR) is 124 cm³/mol. The van der Waals surface area contributed by atoms with E-state index in [1.165, 1.54) is 0 Å². The zero-order valence-corrected chi connectivity index (χ0v) is 18.0. The fourth-order valence-electron chi connectivity index (χ4n) is 3.28. The Hall–Kier alpha value is -4.04. The Kier molecular flexibility index (Phi) is 5.35. The third-order valence-corrected chi connectivity index (χ3v) is 5.70. The summed E-state index contributed by atoms with van der Waals surface area (Å²) in [7, 11) is 0. The molecule has 0 spiro atoms. The number of rotatable bonds is 6. The van der Waals surface area contributed by atoms with Gasteiger partial charge in [0.25, 0.3) is 5.91 Å². The zero-order chi connectivity index (χ0) is 21.9. The van der Waals surface area contributed by atoms with Crippen LogP contribution in [0.5, 0.6) is 5.75 Å². The van der Waals surface area contributed by atoms with Crippen LogP contribution in [0, 0.1) is 6.92 Å². The highest BCUT2D eigenvalue weighted by molar-refractivity contribution is 7.09. The summed E-state index contributed by atoms with van der Waals surface area (Å²) in [5.41, 5.74) is 3.92. The highest BCUT2D eigenvalue weighted by Gasteiger charge is 2.09. The highest BCUT2D eigenvalue weighted by Crippen LogP contribution is 2.19. The number of amides is 1. The van der Waals surface area contributed by atoms with Gasteiger partial charge in [-0.25, -0.2) is 15.0 Å². The number of nitrogens with one attached hydrogen (secondary N) is 1. The second-order valence-corrected chi connectivity index (χ2v) is 8.20. The Morgan fingerprint density at radius 3 is 2.66 bits per heavy atom. The number of thiazole rings is 1. The van der Waals surface area contributed by atoms with Crippen molar-refractivity contribution < 1.29 is 9.53 Å². The molecule has 158 valence electrons. The number of ether oxygens (including phenoxy) is 1. The molecule has 1 amide bonds. The Morgan fingerprint density at radius 2 is 1.91 bits per heavy atom. The van der Waals surface area contributed by atoms with Gasteiger partial charge >= 0.3 is 0 Å². The first-order chi connectivity index (χ1) is 15.7. The van der Waals surface area contributed by atoms with Gasteiger partial charge in [0, 0.05) is 10.9 Å². The van der Waals surface area contributed by atoms with E-state index in [-0.39, 0.29) is 5.91 Å². The van der Waals surface area contributed by atoms with E-state index in [9.17, 15) is 4.79 Å². The number of carbonyl (C=O) groups excluding carboxylic acids is 1. The van der Waals surface area contributed by atoms with E-state index < -0.39 is 0 Å². The molecule has 7 nitrogen and oxygen atoms in total. The molecule has 2 aromatic carbocycles. The van der Waals surface area contributed by atoms with Crippen molar-refractivity contribution in [3.63, 3.8) is 0 Å². The standard InChI is InChI=1S/C24H19N5O2S/c1-16-27-19(14-32-16)13-31-20-9-6-17(7-10-20)24(30)28-18-8-11-23(25-12-18)29-15-26-21-4-2-3-5-22(21)29/h2-12,14-15H,13H2,1H3,(H,28,30). The van der Waals surface area contributed by atoms with Gasteiger partial charge in [0.1, 0.15) is 24.5 Å². The van der Waals surface area contributed by atoms with Crippen LogP contribution >= 0.6 is 11.3 Å². The van der Waals surface area contributed by atoms with Crippen LogP contribution in [0.3, 0.4) is 0 Å². The first-order valence-corrected chi connectivity index (χ1v) is 10.9. The maximum atomic E-state index is 12.6. The third-order valence-electron chi connectivity index (χ3n) is 4.88. The molecular formula is C24H19N5O2S. The summed E-state index contributed by atoms with van der Waals surface area (Å²) in [6.07, 6.45) is 3.37. The number of fused-ring (bicyclic) bond motifs is 1. The van der Waals surface area contributed by atoms with Gasteiger partial charge < -0.3 is 10.1 Å². The molecule has 0 aliphatic heterocycles.